The maximum atomic E-state index is 13.3. The third-order valence-electron chi connectivity index (χ3n) is 5.24. The third-order valence-corrected chi connectivity index (χ3v) is 7.43. The van der Waals surface area contributed by atoms with Gasteiger partial charge in [-0.1, -0.05) is 29.0 Å². The van der Waals surface area contributed by atoms with Crippen molar-refractivity contribution in [3.8, 4) is 11.5 Å². The standard InChI is InChI=1S/C25H33N3O3S2/c1-18-9-11-19(12-10-18)32-17-6-8-22(29)28(16-7-15-27(2)3)25-26-23-20(30-4)13-14-21(31-5)24(23)33-25/h9-14H,6-8,15-17H2,1-5H3. The first-order valence-electron chi connectivity index (χ1n) is 11.1. The fourth-order valence-electron chi connectivity index (χ4n) is 3.44. The van der Waals surface area contributed by atoms with Crippen LogP contribution in [0.1, 0.15) is 24.8 Å². The second-order valence-electron chi connectivity index (χ2n) is 8.11. The van der Waals surface area contributed by atoms with Gasteiger partial charge in [0.05, 0.1) is 14.2 Å². The van der Waals surface area contributed by atoms with Crippen molar-refractivity contribution < 1.29 is 14.3 Å². The van der Waals surface area contributed by atoms with Gasteiger partial charge >= 0.3 is 0 Å². The summed E-state index contributed by atoms with van der Waals surface area (Å²) in [6.45, 7) is 3.63. The fraction of sp³-hybridized carbons (Fsp3) is 0.440. The van der Waals surface area contributed by atoms with Crippen LogP contribution in [0.2, 0.25) is 0 Å². The maximum absolute atomic E-state index is 13.3. The number of carbonyl (C=O) groups is 1. The highest BCUT2D eigenvalue weighted by molar-refractivity contribution is 7.99. The van der Waals surface area contributed by atoms with Crippen LogP contribution in [0, 0.1) is 6.92 Å². The van der Waals surface area contributed by atoms with Gasteiger partial charge in [0.15, 0.2) is 5.13 Å². The first kappa shape index (κ1) is 25.3. The molecule has 1 amide bonds. The molecule has 8 heteroatoms. The number of methoxy groups -OCH3 is 2. The molecule has 0 spiro atoms. The molecule has 0 saturated carbocycles. The molecule has 0 saturated heterocycles. The smallest absolute Gasteiger partial charge is 0.228 e. The molecule has 0 fully saturated rings. The lowest BCUT2D eigenvalue weighted by molar-refractivity contribution is -0.118. The van der Waals surface area contributed by atoms with E-state index in [1.54, 1.807) is 26.0 Å². The van der Waals surface area contributed by atoms with Gasteiger partial charge in [0.1, 0.15) is 21.7 Å². The number of aryl methyl sites for hydroxylation is 1. The van der Waals surface area contributed by atoms with Crippen LogP contribution < -0.4 is 14.4 Å². The van der Waals surface area contributed by atoms with E-state index in [1.807, 2.05) is 31.1 Å². The predicted molar refractivity (Wildman–Crippen MR) is 139 cm³/mol. The average Bonchev–Trinajstić information content (AvgIpc) is 3.24. The molecule has 0 unspecified atom stereocenters. The molecule has 0 aliphatic rings. The van der Waals surface area contributed by atoms with Gasteiger partial charge in [-0.3, -0.25) is 9.69 Å². The number of amides is 1. The van der Waals surface area contributed by atoms with Crippen LogP contribution in [0.3, 0.4) is 0 Å². The lowest BCUT2D eigenvalue weighted by Crippen LogP contribution is -2.33. The Morgan fingerprint density at radius 1 is 1.00 bits per heavy atom. The Morgan fingerprint density at radius 3 is 2.36 bits per heavy atom. The maximum Gasteiger partial charge on any atom is 0.228 e. The highest BCUT2D eigenvalue weighted by Crippen LogP contribution is 2.40. The van der Waals surface area contributed by atoms with Crippen LogP contribution in [0.5, 0.6) is 11.5 Å². The topological polar surface area (TPSA) is 54.9 Å². The Labute approximate surface area is 204 Å². The van der Waals surface area contributed by atoms with E-state index in [4.69, 9.17) is 14.5 Å². The van der Waals surface area contributed by atoms with Gasteiger partial charge in [-0.15, -0.1) is 11.8 Å². The lowest BCUT2D eigenvalue weighted by Gasteiger charge is -2.21. The number of ether oxygens (including phenoxy) is 2. The minimum atomic E-state index is 0.107. The lowest BCUT2D eigenvalue weighted by atomic mass is 10.2. The molecule has 178 valence electrons. The van der Waals surface area contributed by atoms with Gasteiger partial charge in [0.2, 0.25) is 5.91 Å². The van der Waals surface area contributed by atoms with Crippen molar-refractivity contribution in [3.05, 3.63) is 42.0 Å². The van der Waals surface area contributed by atoms with Gasteiger partial charge in [-0.2, -0.15) is 0 Å². The zero-order chi connectivity index (χ0) is 23.8. The second kappa shape index (κ2) is 12.3. The van der Waals surface area contributed by atoms with Crippen LogP contribution in [0.15, 0.2) is 41.3 Å². The molecule has 2 aromatic carbocycles. The number of thioether (sulfide) groups is 1. The van der Waals surface area contributed by atoms with Crippen molar-refractivity contribution in [3.63, 3.8) is 0 Å². The summed E-state index contributed by atoms with van der Waals surface area (Å²) in [5.41, 5.74) is 1.99. The van der Waals surface area contributed by atoms with Gasteiger partial charge < -0.3 is 14.4 Å². The number of nitrogens with zero attached hydrogens (tertiary/aromatic N) is 3. The number of rotatable bonds is 12. The first-order valence-corrected chi connectivity index (χ1v) is 12.9. The average molecular weight is 488 g/mol. The Hall–Kier alpha value is -2.29. The van der Waals surface area contributed by atoms with Crippen molar-refractivity contribution in [2.75, 3.05) is 52.1 Å². The molecule has 33 heavy (non-hydrogen) atoms. The van der Waals surface area contributed by atoms with Crippen LogP contribution in [0.25, 0.3) is 10.2 Å². The van der Waals surface area contributed by atoms with Crippen molar-refractivity contribution in [2.24, 2.45) is 0 Å². The third kappa shape index (κ3) is 6.85. The number of hydrogen-bond acceptors (Lipinski definition) is 7. The van der Waals surface area contributed by atoms with Crippen molar-refractivity contribution in [1.29, 1.82) is 0 Å². The van der Waals surface area contributed by atoms with Gasteiger partial charge in [0, 0.05) is 17.9 Å². The first-order chi connectivity index (χ1) is 15.9. The molecule has 0 radical (unpaired) electrons. The molecule has 1 heterocycles. The van der Waals surface area contributed by atoms with E-state index in [2.05, 4.69) is 36.1 Å². The number of carbonyl (C=O) groups excluding carboxylic acids is 1. The van der Waals surface area contributed by atoms with Crippen LogP contribution in [-0.4, -0.2) is 62.9 Å². The van der Waals surface area contributed by atoms with E-state index >= 15 is 0 Å². The number of benzene rings is 2. The molecule has 1 aromatic heterocycles. The molecule has 0 aliphatic carbocycles. The largest absolute Gasteiger partial charge is 0.495 e. The number of fused-ring (bicyclic) bond motifs is 1. The van der Waals surface area contributed by atoms with Crippen LogP contribution >= 0.6 is 23.1 Å². The minimum Gasteiger partial charge on any atom is -0.495 e. The highest BCUT2D eigenvalue weighted by atomic mass is 32.2. The monoisotopic (exact) mass is 487 g/mol. The Bertz CT molecular complexity index is 1010. The summed E-state index contributed by atoms with van der Waals surface area (Å²) in [6, 6.07) is 12.2. The van der Waals surface area contributed by atoms with Crippen LogP contribution in [0.4, 0.5) is 5.13 Å². The molecule has 0 N–H and O–H groups in total. The SMILES string of the molecule is COc1ccc(OC)c2sc(N(CCCN(C)C)C(=O)CCCSc3ccc(C)cc3)nc12. The van der Waals surface area contributed by atoms with E-state index in [9.17, 15) is 4.79 Å². The molecular formula is C25H33N3O3S2. The van der Waals surface area contributed by atoms with E-state index in [0.717, 1.165) is 41.1 Å². The Morgan fingerprint density at radius 2 is 1.70 bits per heavy atom. The minimum absolute atomic E-state index is 0.107. The summed E-state index contributed by atoms with van der Waals surface area (Å²) >= 11 is 3.27. The zero-order valence-electron chi connectivity index (χ0n) is 20.1. The summed E-state index contributed by atoms with van der Waals surface area (Å²) in [5, 5.41) is 0.697. The second-order valence-corrected chi connectivity index (χ2v) is 10.3. The van der Waals surface area contributed by atoms with E-state index in [1.165, 1.54) is 21.8 Å². The summed E-state index contributed by atoms with van der Waals surface area (Å²) < 4.78 is 11.9. The summed E-state index contributed by atoms with van der Waals surface area (Å²) in [4.78, 5) is 23.3. The number of aromatic nitrogens is 1. The number of anilines is 1. The van der Waals surface area contributed by atoms with E-state index < -0.39 is 0 Å². The Balaban J connectivity index is 1.73. The molecule has 0 atom stereocenters. The molecule has 3 rings (SSSR count). The van der Waals surface area contributed by atoms with Gasteiger partial charge in [-0.05, 0) is 70.4 Å². The molecular weight excluding hydrogens is 454 g/mol. The number of thiazole rings is 1. The molecule has 0 aliphatic heterocycles. The summed E-state index contributed by atoms with van der Waals surface area (Å²) in [5.74, 6) is 2.44. The van der Waals surface area contributed by atoms with Gasteiger partial charge in [0.25, 0.3) is 0 Å². The van der Waals surface area contributed by atoms with Gasteiger partial charge in [-0.25, -0.2) is 4.98 Å². The highest BCUT2D eigenvalue weighted by Gasteiger charge is 2.22. The van der Waals surface area contributed by atoms with E-state index in [0.29, 0.717) is 23.8 Å². The zero-order valence-corrected chi connectivity index (χ0v) is 21.7. The van der Waals surface area contributed by atoms with Crippen molar-refractivity contribution in [2.45, 2.75) is 31.1 Å². The fourth-order valence-corrected chi connectivity index (χ4v) is 5.42. The normalized spacial score (nSPS) is 11.2. The number of hydrogen-bond donors (Lipinski definition) is 0. The molecule has 0 bridgehead atoms. The Kier molecular flexibility index (Phi) is 9.41. The predicted octanol–water partition coefficient (Wildman–Crippen LogP) is 5.48. The summed E-state index contributed by atoms with van der Waals surface area (Å²) in [7, 11) is 7.36. The summed E-state index contributed by atoms with van der Waals surface area (Å²) in [6.07, 6.45) is 2.19. The van der Waals surface area contributed by atoms with E-state index in [-0.39, 0.29) is 5.91 Å². The van der Waals surface area contributed by atoms with Crippen LogP contribution in [-0.2, 0) is 4.79 Å². The molecule has 3 aromatic rings. The van der Waals surface area contributed by atoms with Crippen molar-refractivity contribution >= 4 is 44.4 Å². The quantitative estimate of drug-likeness (QED) is 0.249. The molecule has 6 nitrogen and oxygen atoms in total. The van der Waals surface area contributed by atoms with Crippen molar-refractivity contribution in [1.82, 2.24) is 9.88 Å².